The molecule has 3 aromatic rings. The Balaban J connectivity index is 1.41. The molecular weight excluding hydrogens is 510 g/mol. The average molecular weight is 554 g/mol. The molecule has 0 spiro atoms. The third-order valence-electron chi connectivity index (χ3n) is 7.20. The van der Waals surface area contributed by atoms with Crippen molar-refractivity contribution in [2.75, 3.05) is 45.1 Å². The summed E-state index contributed by atoms with van der Waals surface area (Å²) >= 11 is 0. The topological polar surface area (TPSA) is 132 Å². The molecule has 3 N–H and O–H groups in total. The SMILES string of the molecule is CCCCOc1nc(N)c2[nH]c(=O)n(CCCN(CCCN3CCCCC3)Cc3ccc(OC(C)=O)cc3)c2n1. The van der Waals surface area contributed by atoms with Crippen LogP contribution >= 0.6 is 0 Å². The van der Waals surface area contributed by atoms with Gasteiger partial charge < -0.3 is 25.1 Å². The lowest BCUT2D eigenvalue weighted by Gasteiger charge is -2.28. The van der Waals surface area contributed by atoms with Crippen LogP contribution in [0.15, 0.2) is 29.1 Å². The van der Waals surface area contributed by atoms with Gasteiger partial charge in [-0.15, -0.1) is 0 Å². The number of hydrogen-bond donors (Lipinski definition) is 2. The first-order chi connectivity index (χ1) is 19.4. The Hall–Kier alpha value is -3.44. The molecule has 1 fully saturated rings. The van der Waals surface area contributed by atoms with E-state index in [1.54, 1.807) is 4.57 Å². The number of aryl methyl sites for hydroxylation is 1. The van der Waals surface area contributed by atoms with Gasteiger partial charge in [-0.05, 0) is 76.0 Å². The summed E-state index contributed by atoms with van der Waals surface area (Å²) in [6.45, 7) is 10.5. The van der Waals surface area contributed by atoms with E-state index in [2.05, 4.69) is 31.7 Å². The van der Waals surface area contributed by atoms with Crippen LogP contribution in [0.5, 0.6) is 11.8 Å². The van der Waals surface area contributed by atoms with Gasteiger partial charge in [0.05, 0.1) is 6.61 Å². The number of carbonyl (C=O) groups is 1. The van der Waals surface area contributed by atoms with Crippen molar-refractivity contribution in [1.82, 2.24) is 29.3 Å². The molecule has 0 amide bonds. The summed E-state index contributed by atoms with van der Waals surface area (Å²) in [6, 6.07) is 7.86. The smallest absolute Gasteiger partial charge is 0.327 e. The van der Waals surface area contributed by atoms with Crippen LogP contribution in [0.1, 0.15) is 64.4 Å². The molecule has 0 atom stereocenters. The molecule has 11 heteroatoms. The second-order valence-corrected chi connectivity index (χ2v) is 10.5. The molecule has 3 heterocycles. The van der Waals surface area contributed by atoms with Gasteiger partial charge in [-0.2, -0.15) is 9.97 Å². The molecule has 0 radical (unpaired) electrons. The molecule has 0 saturated carbocycles. The van der Waals surface area contributed by atoms with Crippen LogP contribution in [0.2, 0.25) is 0 Å². The highest BCUT2D eigenvalue weighted by atomic mass is 16.5. The highest BCUT2D eigenvalue weighted by Gasteiger charge is 2.16. The maximum absolute atomic E-state index is 12.8. The van der Waals surface area contributed by atoms with E-state index in [4.69, 9.17) is 15.2 Å². The lowest BCUT2D eigenvalue weighted by atomic mass is 10.1. The number of piperidine rings is 1. The Kier molecular flexibility index (Phi) is 10.9. The second kappa shape index (κ2) is 14.8. The highest BCUT2D eigenvalue weighted by Crippen LogP contribution is 2.19. The Labute approximate surface area is 235 Å². The molecule has 0 bridgehead atoms. The summed E-state index contributed by atoms with van der Waals surface area (Å²) in [5.74, 6) is 0.432. The highest BCUT2D eigenvalue weighted by molar-refractivity contribution is 5.81. The molecule has 1 aromatic carbocycles. The summed E-state index contributed by atoms with van der Waals surface area (Å²) in [7, 11) is 0. The van der Waals surface area contributed by atoms with Crippen molar-refractivity contribution in [2.24, 2.45) is 0 Å². The van der Waals surface area contributed by atoms with Gasteiger partial charge in [0, 0.05) is 26.6 Å². The van der Waals surface area contributed by atoms with E-state index in [1.165, 1.54) is 39.3 Å². The number of rotatable bonds is 15. The van der Waals surface area contributed by atoms with E-state index in [1.807, 2.05) is 24.3 Å². The van der Waals surface area contributed by atoms with E-state index in [0.717, 1.165) is 57.4 Å². The van der Waals surface area contributed by atoms with Crippen LogP contribution < -0.4 is 20.9 Å². The number of imidazole rings is 1. The van der Waals surface area contributed by atoms with E-state index >= 15 is 0 Å². The van der Waals surface area contributed by atoms with Gasteiger partial charge in [-0.3, -0.25) is 14.3 Å². The number of carbonyl (C=O) groups excluding carboxylic acids is 1. The number of esters is 1. The van der Waals surface area contributed by atoms with Gasteiger partial charge >= 0.3 is 17.7 Å². The number of aromatic amines is 1. The van der Waals surface area contributed by atoms with E-state index in [9.17, 15) is 9.59 Å². The van der Waals surface area contributed by atoms with Crippen LogP contribution in [0.4, 0.5) is 5.82 Å². The zero-order valence-corrected chi connectivity index (χ0v) is 23.9. The fraction of sp³-hybridized carbons (Fsp3) is 0.586. The van der Waals surface area contributed by atoms with Crippen molar-refractivity contribution in [3.8, 4) is 11.8 Å². The van der Waals surface area contributed by atoms with E-state index in [0.29, 0.717) is 30.1 Å². The van der Waals surface area contributed by atoms with Crippen molar-refractivity contribution in [3.05, 3.63) is 40.3 Å². The number of ether oxygens (including phenoxy) is 2. The van der Waals surface area contributed by atoms with Gasteiger partial charge in [0.25, 0.3) is 0 Å². The summed E-state index contributed by atoms with van der Waals surface area (Å²) in [6.07, 6.45) is 7.65. The minimum Gasteiger partial charge on any atom is -0.463 e. The van der Waals surface area contributed by atoms with Crippen molar-refractivity contribution in [3.63, 3.8) is 0 Å². The third kappa shape index (κ3) is 8.53. The van der Waals surface area contributed by atoms with Crippen LogP contribution in [-0.2, 0) is 17.9 Å². The van der Waals surface area contributed by atoms with Gasteiger partial charge in [0.15, 0.2) is 11.5 Å². The van der Waals surface area contributed by atoms with Gasteiger partial charge in [0.2, 0.25) is 0 Å². The number of anilines is 1. The first-order valence-electron chi connectivity index (χ1n) is 14.5. The Morgan fingerprint density at radius 1 is 1.05 bits per heavy atom. The van der Waals surface area contributed by atoms with Gasteiger partial charge in [0.1, 0.15) is 11.3 Å². The number of nitrogen functional groups attached to an aromatic ring is 1. The third-order valence-corrected chi connectivity index (χ3v) is 7.20. The van der Waals surface area contributed by atoms with Crippen LogP contribution in [-0.4, -0.2) is 74.6 Å². The molecule has 218 valence electrons. The minimum absolute atomic E-state index is 0.197. The predicted molar refractivity (Wildman–Crippen MR) is 156 cm³/mol. The minimum atomic E-state index is -0.328. The number of hydrogen-bond acceptors (Lipinski definition) is 9. The van der Waals surface area contributed by atoms with Gasteiger partial charge in [-0.25, -0.2) is 4.79 Å². The number of unbranched alkanes of at least 4 members (excludes halogenated alkanes) is 1. The summed E-state index contributed by atoms with van der Waals surface area (Å²) < 4.78 is 12.5. The average Bonchev–Trinajstić information content (AvgIpc) is 3.25. The quantitative estimate of drug-likeness (QED) is 0.165. The first kappa shape index (κ1) is 29.5. The number of likely N-dealkylation sites (tertiary alicyclic amines) is 1. The number of nitrogens with zero attached hydrogens (tertiary/aromatic N) is 5. The molecule has 1 aliphatic rings. The standard InChI is InChI=1S/C29H43N7O4/c1-3-4-20-39-28-32-26(30)25-27(33-28)36(29(38)31-25)19-9-18-35(17-8-16-34-14-6-5-7-15-34)21-23-10-12-24(13-11-23)40-22(2)37/h10-13H,3-9,14-21H2,1-2H3,(H,31,38)(H2,30,32,33). The van der Waals surface area contributed by atoms with Gasteiger partial charge in [-0.1, -0.05) is 31.9 Å². The number of nitrogens with one attached hydrogen (secondary N) is 1. The number of fused-ring (bicyclic) bond motifs is 1. The number of benzene rings is 1. The molecule has 1 saturated heterocycles. The number of aromatic nitrogens is 4. The Bertz CT molecular complexity index is 1280. The van der Waals surface area contributed by atoms with Crippen LogP contribution in [0.3, 0.4) is 0 Å². The van der Waals surface area contributed by atoms with Crippen molar-refractivity contribution >= 4 is 23.0 Å². The largest absolute Gasteiger partial charge is 0.463 e. The maximum atomic E-state index is 12.8. The molecule has 40 heavy (non-hydrogen) atoms. The monoisotopic (exact) mass is 553 g/mol. The van der Waals surface area contributed by atoms with Crippen LogP contribution in [0, 0.1) is 0 Å². The first-order valence-corrected chi connectivity index (χ1v) is 14.5. The lowest BCUT2D eigenvalue weighted by Crippen LogP contribution is -2.34. The molecule has 11 nitrogen and oxygen atoms in total. The summed E-state index contributed by atoms with van der Waals surface area (Å²) in [5.41, 5.74) is 7.92. The molecule has 0 unspecified atom stereocenters. The summed E-state index contributed by atoms with van der Waals surface area (Å²) in [5, 5.41) is 0. The fourth-order valence-electron chi connectivity index (χ4n) is 5.12. The van der Waals surface area contributed by atoms with Crippen molar-refractivity contribution < 1.29 is 14.3 Å². The Morgan fingerprint density at radius 3 is 2.48 bits per heavy atom. The molecule has 1 aliphatic heterocycles. The molecule has 0 aliphatic carbocycles. The molecule has 4 rings (SSSR count). The predicted octanol–water partition coefficient (Wildman–Crippen LogP) is 3.57. The maximum Gasteiger partial charge on any atom is 0.327 e. The van der Waals surface area contributed by atoms with Crippen molar-refractivity contribution in [1.29, 1.82) is 0 Å². The number of nitrogens with two attached hydrogens (primary N) is 1. The zero-order valence-electron chi connectivity index (χ0n) is 23.9. The fourth-order valence-corrected chi connectivity index (χ4v) is 5.12. The normalized spacial score (nSPS) is 14.2. The van der Waals surface area contributed by atoms with Crippen molar-refractivity contribution in [2.45, 2.75) is 71.9 Å². The second-order valence-electron chi connectivity index (χ2n) is 10.5. The summed E-state index contributed by atoms with van der Waals surface area (Å²) in [4.78, 5) is 40.5. The van der Waals surface area contributed by atoms with E-state index < -0.39 is 0 Å². The lowest BCUT2D eigenvalue weighted by molar-refractivity contribution is -0.131. The number of H-pyrrole nitrogens is 1. The van der Waals surface area contributed by atoms with E-state index in [-0.39, 0.29) is 23.5 Å². The zero-order chi connectivity index (χ0) is 28.3. The van der Waals surface area contributed by atoms with Crippen LogP contribution in [0.25, 0.3) is 11.2 Å². The molecule has 2 aromatic heterocycles. The Morgan fingerprint density at radius 2 is 1.77 bits per heavy atom. The molecular formula is C29H43N7O4.